The standard InChI is InChI=1S/C32H45N3O3/c1-6-7-21-33(4)31(37)18-14-9-8-10-15-22-34(26(3)36)32-25(2)35(24-27-16-12-11-13-17-27)30-20-19-28(38-5)23-29(30)32/h11-13,16-17,19-20,23H,6-10,14-15,18,21-22,24H2,1-5H3. The fraction of sp³-hybridized carbons (Fsp3) is 0.500. The maximum Gasteiger partial charge on any atom is 0.223 e. The summed E-state index contributed by atoms with van der Waals surface area (Å²) in [5.41, 5.74) is 4.38. The van der Waals surface area contributed by atoms with Crippen LogP contribution in [-0.2, 0) is 16.1 Å². The summed E-state index contributed by atoms with van der Waals surface area (Å²) in [4.78, 5) is 28.9. The molecule has 0 saturated carbocycles. The monoisotopic (exact) mass is 519 g/mol. The fourth-order valence-corrected chi connectivity index (χ4v) is 5.10. The van der Waals surface area contributed by atoms with Crippen molar-refractivity contribution in [1.82, 2.24) is 9.47 Å². The van der Waals surface area contributed by atoms with E-state index >= 15 is 0 Å². The number of amides is 2. The van der Waals surface area contributed by atoms with E-state index in [0.29, 0.717) is 13.0 Å². The Balaban J connectivity index is 1.66. The molecule has 38 heavy (non-hydrogen) atoms. The number of nitrogens with zero attached hydrogens (tertiary/aromatic N) is 3. The van der Waals surface area contributed by atoms with Crippen molar-refractivity contribution in [2.45, 2.75) is 78.7 Å². The van der Waals surface area contributed by atoms with E-state index in [1.165, 1.54) is 5.56 Å². The average molecular weight is 520 g/mol. The minimum atomic E-state index is 0.0513. The molecule has 6 nitrogen and oxygen atoms in total. The summed E-state index contributed by atoms with van der Waals surface area (Å²) in [6.45, 7) is 8.18. The smallest absolute Gasteiger partial charge is 0.223 e. The molecule has 1 heterocycles. The Morgan fingerprint density at radius 3 is 2.32 bits per heavy atom. The van der Waals surface area contributed by atoms with Gasteiger partial charge < -0.3 is 19.1 Å². The van der Waals surface area contributed by atoms with Crippen LogP contribution in [0.25, 0.3) is 10.9 Å². The van der Waals surface area contributed by atoms with Gasteiger partial charge in [-0.15, -0.1) is 0 Å². The highest BCUT2D eigenvalue weighted by Crippen LogP contribution is 2.37. The molecule has 0 radical (unpaired) electrons. The predicted molar refractivity (Wildman–Crippen MR) is 157 cm³/mol. The van der Waals surface area contributed by atoms with Gasteiger partial charge in [-0.25, -0.2) is 0 Å². The molecule has 0 atom stereocenters. The Hall–Kier alpha value is -3.28. The number of carbonyl (C=O) groups is 2. The lowest BCUT2D eigenvalue weighted by Crippen LogP contribution is -2.30. The predicted octanol–water partition coefficient (Wildman–Crippen LogP) is 6.96. The number of hydrogen-bond acceptors (Lipinski definition) is 3. The van der Waals surface area contributed by atoms with E-state index < -0.39 is 0 Å². The van der Waals surface area contributed by atoms with Crippen LogP contribution in [0.1, 0.15) is 76.5 Å². The Morgan fingerprint density at radius 2 is 1.63 bits per heavy atom. The average Bonchev–Trinajstić information content (AvgIpc) is 3.18. The van der Waals surface area contributed by atoms with Gasteiger partial charge in [0.05, 0.1) is 18.3 Å². The third-order valence-corrected chi connectivity index (χ3v) is 7.38. The van der Waals surface area contributed by atoms with Crippen LogP contribution in [0.4, 0.5) is 5.69 Å². The van der Waals surface area contributed by atoms with Gasteiger partial charge in [0, 0.05) is 51.1 Å². The molecule has 0 bridgehead atoms. The first-order valence-corrected chi connectivity index (χ1v) is 14.1. The maximum atomic E-state index is 12.9. The van der Waals surface area contributed by atoms with E-state index in [9.17, 15) is 9.59 Å². The normalized spacial score (nSPS) is 11.1. The second-order valence-corrected chi connectivity index (χ2v) is 10.2. The Morgan fingerprint density at radius 1 is 0.921 bits per heavy atom. The minimum Gasteiger partial charge on any atom is -0.497 e. The molecule has 1 aromatic heterocycles. The Kier molecular flexibility index (Phi) is 11.3. The molecule has 6 heteroatoms. The molecular weight excluding hydrogens is 474 g/mol. The van der Waals surface area contributed by atoms with Crippen LogP contribution in [0.15, 0.2) is 48.5 Å². The quantitative estimate of drug-likeness (QED) is 0.204. The molecule has 0 aliphatic carbocycles. The first-order valence-electron chi connectivity index (χ1n) is 14.1. The third kappa shape index (κ3) is 7.62. The second-order valence-electron chi connectivity index (χ2n) is 10.2. The lowest BCUT2D eigenvalue weighted by atomic mass is 10.1. The molecule has 0 aliphatic rings. The Labute approximate surface area is 228 Å². The highest BCUT2D eigenvalue weighted by atomic mass is 16.5. The van der Waals surface area contributed by atoms with Gasteiger partial charge in [0.1, 0.15) is 5.75 Å². The molecule has 2 aromatic carbocycles. The molecule has 2 amide bonds. The van der Waals surface area contributed by atoms with Gasteiger partial charge in [-0.1, -0.05) is 62.9 Å². The minimum absolute atomic E-state index is 0.0513. The molecule has 0 unspecified atom stereocenters. The van der Waals surface area contributed by atoms with Crippen LogP contribution in [0, 0.1) is 6.92 Å². The van der Waals surface area contributed by atoms with Gasteiger partial charge >= 0.3 is 0 Å². The van der Waals surface area contributed by atoms with Crippen LogP contribution >= 0.6 is 0 Å². The third-order valence-electron chi connectivity index (χ3n) is 7.38. The lowest BCUT2D eigenvalue weighted by molar-refractivity contribution is -0.130. The number of aromatic nitrogens is 1. The van der Waals surface area contributed by atoms with Crippen LogP contribution in [0.2, 0.25) is 0 Å². The van der Waals surface area contributed by atoms with E-state index in [2.05, 4.69) is 48.7 Å². The zero-order valence-corrected chi connectivity index (χ0v) is 24.0. The van der Waals surface area contributed by atoms with Gasteiger partial charge in [-0.3, -0.25) is 9.59 Å². The van der Waals surface area contributed by atoms with E-state index in [0.717, 1.165) is 86.1 Å². The lowest BCUT2D eigenvalue weighted by Gasteiger charge is -2.22. The Bertz CT molecular complexity index is 1190. The van der Waals surface area contributed by atoms with E-state index in [-0.39, 0.29) is 11.8 Å². The van der Waals surface area contributed by atoms with Gasteiger partial charge in [0.2, 0.25) is 11.8 Å². The topological polar surface area (TPSA) is 54.8 Å². The zero-order valence-electron chi connectivity index (χ0n) is 24.0. The van der Waals surface area contributed by atoms with Crippen molar-refractivity contribution < 1.29 is 14.3 Å². The highest BCUT2D eigenvalue weighted by molar-refractivity contribution is 6.04. The van der Waals surface area contributed by atoms with Gasteiger partial charge in [0.25, 0.3) is 0 Å². The van der Waals surface area contributed by atoms with Crippen LogP contribution in [-0.4, -0.2) is 48.5 Å². The van der Waals surface area contributed by atoms with Crippen molar-refractivity contribution in [3.63, 3.8) is 0 Å². The van der Waals surface area contributed by atoms with Crippen LogP contribution in [0.3, 0.4) is 0 Å². The summed E-state index contributed by atoms with van der Waals surface area (Å²) in [5, 5.41) is 1.04. The van der Waals surface area contributed by atoms with E-state index in [1.807, 2.05) is 35.0 Å². The van der Waals surface area contributed by atoms with Crippen molar-refractivity contribution in [1.29, 1.82) is 0 Å². The molecule has 206 valence electrons. The van der Waals surface area contributed by atoms with Crippen LogP contribution < -0.4 is 9.64 Å². The van der Waals surface area contributed by atoms with Gasteiger partial charge in [0.15, 0.2) is 0 Å². The number of methoxy groups -OCH3 is 1. The molecular formula is C32H45N3O3. The number of fused-ring (bicyclic) bond motifs is 1. The maximum absolute atomic E-state index is 12.9. The number of unbranched alkanes of at least 4 members (excludes halogenated alkanes) is 5. The van der Waals surface area contributed by atoms with Crippen molar-refractivity contribution in [3.05, 3.63) is 59.8 Å². The number of hydrogen-bond donors (Lipinski definition) is 0. The van der Waals surface area contributed by atoms with Crippen molar-refractivity contribution in [2.24, 2.45) is 0 Å². The van der Waals surface area contributed by atoms with Crippen molar-refractivity contribution >= 4 is 28.4 Å². The molecule has 3 aromatic rings. The van der Waals surface area contributed by atoms with Gasteiger partial charge in [-0.05, 0) is 49.9 Å². The number of anilines is 1. The molecule has 3 rings (SSSR count). The number of benzene rings is 2. The molecule has 0 spiro atoms. The summed E-state index contributed by atoms with van der Waals surface area (Å²) >= 11 is 0. The summed E-state index contributed by atoms with van der Waals surface area (Å²) in [5.74, 6) is 1.09. The molecule has 0 saturated heterocycles. The van der Waals surface area contributed by atoms with E-state index in [4.69, 9.17) is 4.74 Å². The van der Waals surface area contributed by atoms with Crippen molar-refractivity contribution in [2.75, 3.05) is 32.1 Å². The summed E-state index contributed by atoms with van der Waals surface area (Å²) < 4.78 is 7.83. The number of rotatable bonds is 15. The summed E-state index contributed by atoms with van der Waals surface area (Å²) in [7, 11) is 3.58. The highest BCUT2D eigenvalue weighted by Gasteiger charge is 2.22. The summed E-state index contributed by atoms with van der Waals surface area (Å²) in [6, 6.07) is 16.5. The second kappa shape index (κ2) is 14.6. The zero-order chi connectivity index (χ0) is 27.5. The first kappa shape index (κ1) is 29.3. The van der Waals surface area contributed by atoms with Gasteiger partial charge in [-0.2, -0.15) is 0 Å². The van der Waals surface area contributed by atoms with Crippen LogP contribution in [0.5, 0.6) is 5.75 Å². The SMILES string of the molecule is CCCCN(C)C(=O)CCCCCCCN(C(C)=O)c1c(C)n(Cc2ccccc2)c2ccc(OC)cc12. The first-order chi connectivity index (χ1) is 18.4. The van der Waals surface area contributed by atoms with E-state index in [1.54, 1.807) is 14.0 Å². The van der Waals surface area contributed by atoms with Crippen molar-refractivity contribution in [3.8, 4) is 5.75 Å². The number of ether oxygens (including phenoxy) is 1. The number of carbonyl (C=O) groups excluding carboxylic acids is 2. The molecule has 0 fully saturated rings. The molecule has 0 N–H and O–H groups in total. The molecule has 0 aliphatic heterocycles. The fourth-order valence-electron chi connectivity index (χ4n) is 5.10. The summed E-state index contributed by atoms with van der Waals surface area (Å²) in [6.07, 6.45) is 7.80. The largest absolute Gasteiger partial charge is 0.497 e.